The van der Waals surface area contributed by atoms with Crippen LogP contribution in [0.15, 0.2) is 23.3 Å². The van der Waals surface area contributed by atoms with Gasteiger partial charge in [0.05, 0.1) is 0 Å². The highest BCUT2D eigenvalue weighted by atomic mass is 16.5. The lowest BCUT2D eigenvalue weighted by Gasteiger charge is -2.32. The topological polar surface area (TPSA) is 109 Å². The summed E-state index contributed by atoms with van der Waals surface area (Å²) in [6.07, 6.45) is 0. The first-order chi connectivity index (χ1) is 9.16. The Kier molecular flexibility index (Phi) is 3.09. The zero-order valence-corrected chi connectivity index (χ0v) is 10.3. The lowest BCUT2D eigenvalue weighted by molar-refractivity contribution is -0.812. The van der Waals surface area contributed by atoms with Crippen molar-refractivity contribution in [2.45, 2.75) is 0 Å². The van der Waals surface area contributed by atoms with Gasteiger partial charge in [0.15, 0.2) is 0 Å². The van der Waals surface area contributed by atoms with E-state index in [4.69, 9.17) is 5.73 Å². The van der Waals surface area contributed by atoms with Gasteiger partial charge < -0.3 is 26.4 Å². The molecule has 0 spiro atoms. The molecule has 1 saturated heterocycles. The molecule has 1 aromatic rings. The van der Waals surface area contributed by atoms with Gasteiger partial charge >= 0.3 is 5.96 Å². The summed E-state index contributed by atoms with van der Waals surface area (Å²) < 4.78 is 0. The SMILES string of the molecule is NC1=N[NH+]([O-])c2ccc(N3CCNCC3)cc2[NH+]1[O-]. The van der Waals surface area contributed by atoms with E-state index in [0.717, 1.165) is 31.9 Å². The second-order valence-corrected chi connectivity index (χ2v) is 4.60. The molecule has 3 rings (SSSR count). The lowest BCUT2D eigenvalue weighted by Crippen LogP contribution is -3.14. The van der Waals surface area contributed by atoms with Gasteiger partial charge in [0, 0.05) is 49.1 Å². The molecule has 8 nitrogen and oxygen atoms in total. The van der Waals surface area contributed by atoms with Crippen molar-refractivity contribution in [1.82, 2.24) is 5.32 Å². The molecule has 2 heterocycles. The standard InChI is InChI=1S/C11H16N6O2/c12-11-14-17(19)9-2-1-8(7-10(9)16(11)18)15-5-3-13-4-6-15/h1-2,7,13,16-17H,3-6H2,(H2,12,14). The van der Waals surface area contributed by atoms with E-state index in [-0.39, 0.29) is 11.0 Å². The van der Waals surface area contributed by atoms with E-state index in [9.17, 15) is 10.4 Å². The normalized spacial score (nSPS) is 26.8. The molecule has 0 radical (unpaired) electrons. The number of nitrogens with two attached hydrogens (primary N) is 1. The molecule has 1 aromatic carbocycles. The minimum atomic E-state index is -0.445. The van der Waals surface area contributed by atoms with Gasteiger partial charge in [0.25, 0.3) is 0 Å². The van der Waals surface area contributed by atoms with Crippen LogP contribution in [0.2, 0.25) is 0 Å². The molecule has 0 aliphatic carbocycles. The van der Waals surface area contributed by atoms with E-state index >= 15 is 0 Å². The van der Waals surface area contributed by atoms with E-state index in [0.29, 0.717) is 11.4 Å². The number of hydroxylamine groups is 1. The molecule has 5 N–H and O–H groups in total. The van der Waals surface area contributed by atoms with Crippen LogP contribution in [-0.4, -0.2) is 32.1 Å². The van der Waals surface area contributed by atoms with Crippen molar-refractivity contribution >= 4 is 23.0 Å². The second kappa shape index (κ2) is 4.76. The van der Waals surface area contributed by atoms with Crippen LogP contribution in [0.1, 0.15) is 0 Å². The number of hydrogen-bond donors (Lipinski definition) is 4. The summed E-state index contributed by atoms with van der Waals surface area (Å²) in [6.45, 7) is 3.58. The van der Waals surface area contributed by atoms with E-state index in [1.807, 2.05) is 6.07 Å². The van der Waals surface area contributed by atoms with Crippen LogP contribution in [0.5, 0.6) is 0 Å². The predicted molar refractivity (Wildman–Crippen MR) is 71.1 cm³/mol. The van der Waals surface area contributed by atoms with Crippen molar-refractivity contribution in [2.24, 2.45) is 10.8 Å². The van der Waals surface area contributed by atoms with Crippen LogP contribution >= 0.6 is 0 Å². The average molecular weight is 264 g/mol. The number of rotatable bonds is 1. The van der Waals surface area contributed by atoms with Crippen molar-refractivity contribution in [2.75, 3.05) is 31.1 Å². The summed E-state index contributed by atoms with van der Waals surface area (Å²) in [4.78, 5) is 2.18. The number of fused-ring (bicyclic) bond motifs is 1. The van der Waals surface area contributed by atoms with Crippen molar-refractivity contribution in [3.8, 4) is 0 Å². The first kappa shape index (κ1) is 12.3. The van der Waals surface area contributed by atoms with E-state index in [1.54, 1.807) is 12.1 Å². The maximum absolute atomic E-state index is 12.0. The summed E-state index contributed by atoms with van der Waals surface area (Å²) in [5, 5.41) is 29.6. The van der Waals surface area contributed by atoms with Gasteiger partial charge in [-0.1, -0.05) is 0 Å². The monoisotopic (exact) mass is 264 g/mol. The highest BCUT2D eigenvalue weighted by Crippen LogP contribution is 2.23. The molecule has 2 aliphatic heterocycles. The highest BCUT2D eigenvalue weighted by Gasteiger charge is 2.27. The van der Waals surface area contributed by atoms with E-state index < -0.39 is 5.17 Å². The Balaban J connectivity index is 1.95. The summed E-state index contributed by atoms with van der Waals surface area (Å²) in [7, 11) is 0. The van der Waals surface area contributed by atoms with Crippen LogP contribution in [0.25, 0.3) is 0 Å². The van der Waals surface area contributed by atoms with E-state index in [1.165, 1.54) is 0 Å². The van der Waals surface area contributed by atoms with Crippen LogP contribution in [0.3, 0.4) is 0 Å². The van der Waals surface area contributed by atoms with E-state index in [2.05, 4.69) is 15.3 Å². The largest absolute Gasteiger partial charge is 0.621 e. The molecule has 19 heavy (non-hydrogen) atoms. The average Bonchev–Trinajstić information content (AvgIpc) is 2.45. The first-order valence-corrected chi connectivity index (χ1v) is 6.20. The molecular formula is C11H16N6O2. The number of nitrogens with zero attached hydrogens (tertiary/aromatic N) is 2. The van der Waals surface area contributed by atoms with Crippen molar-refractivity contribution < 1.29 is 10.2 Å². The molecule has 0 bridgehead atoms. The van der Waals surface area contributed by atoms with Crippen molar-refractivity contribution in [3.05, 3.63) is 28.6 Å². The Morgan fingerprint density at radius 3 is 2.68 bits per heavy atom. The van der Waals surface area contributed by atoms with Gasteiger partial charge in [-0.3, -0.25) is 5.06 Å². The summed E-state index contributed by atoms with van der Waals surface area (Å²) in [5.41, 5.74) is 7.10. The van der Waals surface area contributed by atoms with Gasteiger partial charge in [-0.25, -0.2) is 0 Å². The molecular weight excluding hydrogens is 248 g/mol. The second-order valence-electron chi connectivity index (χ2n) is 4.60. The first-order valence-electron chi connectivity index (χ1n) is 6.20. The number of guanidine groups is 1. The lowest BCUT2D eigenvalue weighted by atomic mass is 10.2. The van der Waals surface area contributed by atoms with Gasteiger partial charge in [0.1, 0.15) is 0 Å². The molecule has 0 saturated carbocycles. The zero-order chi connectivity index (χ0) is 13.4. The van der Waals surface area contributed by atoms with Crippen LogP contribution < -0.4 is 26.2 Å². The highest BCUT2D eigenvalue weighted by molar-refractivity contribution is 5.76. The Bertz CT molecular complexity index is 514. The quantitative estimate of drug-likeness (QED) is 0.415. The molecule has 1 fully saturated rings. The third-order valence-corrected chi connectivity index (χ3v) is 3.41. The third-order valence-electron chi connectivity index (χ3n) is 3.41. The number of piperazine rings is 1. The van der Waals surface area contributed by atoms with Crippen molar-refractivity contribution in [1.29, 1.82) is 0 Å². The minimum Gasteiger partial charge on any atom is -0.621 e. The van der Waals surface area contributed by atoms with Crippen molar-refractivity contribution in [3.63, 3.8) is 0 Å². The van der Waals surface area contributed by atoms with Gasteiger partial charge in [0.2, 0.25) is 11.4 Å². The van der Waals surface area contributed by atoms with Gasteiger partial charge in [-0.15, -0.1) is 0 Å². The fraction of sp³-hybridized carbons (Fsp3) is 0.364. The summed E-state index contributed by atoms with van der Waals surface area (Å²) in [6, 6.07) is 5.25. The maximum Gasteiger partial charge on any atom is 0.351 e. The fourth-order valence-electron chi connectivity index (χ4n) is 2.38. The number of quaternary nitrogens is 2. The molecule has 2 unspecified atom stereocenters. The zero-order valence-electron chi connectivity index (χ0n) is 10.3. The Labute approximate surface area is 110 Å². The minimum absolute atomic E-state index is 0.227. The Morgan fingerprint density at radius 2 is 1.95 bits per heavy atom. The number of nitrogens with one attached hydrogen (secondary N) is 3. The number of hydrogen-bond acceptors (Lipinski definition) is 6. The van der Waals surface area contributed by atoms with Crippen LogP contribution in [0.4, 0.5) is 17.1 Å². The molecule has 102 valence electrons. The molecule has 0 amide bonds. The Hall–Kier alpha value is -1.71. The number of benzene rings is 1. The maximum atomic E-state index is 12.0. The summed E-state index contributed by atoms with van der Waals surface area (Å²) >= 11 is 0. The number of anilines is 1. The fourth-order valence-corrected chi connectivity index (χ4v) is 2.38. The third kappa shape index (κ3) is 2.15. The smallest absolute Gasteiger partial charge is 0.351 e. The summed E-state index contributed by atoms with van der Waals surface area (Å²) in [5.74, 6) is -0.227. The Morgan fingerprint density at radius 1 is 1.21 bits per heavy atom. The molecule has 2 aliphatic rings. The van der Waals surface area contributed by atoms with Gasteiger partial charge in [-0.05, 0) is 6.07 Å². The van der Waals surface area contributed by atoms with Crippen LogP contribution in [-0.2, 0) is 0 Å². The molecule has 8 heteroatoms. The van der Waals surface area contributed by atoms with Crippen LogP contribution in [0, 0.1) is 10.4 Å². The van der Waals surface area contributed by atoms with Gasteiger partial charge in [-0.2, -0.15) is 5.17 Å². The molecule has 0 aromatic heterocycles. The predicted octanol–water partition coefficient (Wildman–Crippen LogP) is -2.63. The molecule has 2 atom stereocenters.